The van der Waals surface area contributed by atoms with Crippen LogP contribution in [0, 0.1) is 13.8 Å². The second kappa shape index (κ2) is 11.7. The van der Waals surface area contributed by atoms with Crippen LogP contribution in [0.1, 0.15) is 26.7 Å². The number of rotatable bonds is 6. The highest BCUT2D eigenvalue weighted by atomic mass is 127. The topological polar surface area (TPSA) is 61.8 Å². The summed E-state index contributed by atoms with van der Waals surface area (Å²) in [5.74, 6) is 0.790. The third-order valence-corrected chi connectivity index (χ3v) is 5.77. The van der Waals surface area contributed by atoms with E-state index >= 15 is 0 Å². The summed E-state index contributed by atoms with van der Waals surface area (Å²) >= 11 is 1.73. The van der Waals surface area contributed by atoms with Gasteiger partial charge in [0.25, 0.3) is 0 Å². The van der Waals surface area contributed by atoms with E-state index in [2.05, 4.69) is 56.7 Å². The minimum absolute atomic E-state index is 0. The number of benzene rings is 1. The second-order valence-corrected chi connectivity index (χ2v) is 8.02. The van der Waals surface area contributed by atoms with Crippen molar-refractivity contribution in [3.63, 3.8) is 0 Å². The number of aromatic nitrogens is 1. The molecule has 2 N–H and O–H groups in total. The van der Waals surface area contributed by atoms with E-state index in [-0.39, 0.29) is 24.0 Å². The molecule has 2 aromatic rings. The molecule has 0 unspecified atom stereocenters. The normalized spacial score (nSPS) is 15.2. The first-order chi connectivity index (χ1) is 13.1. The number of morpholine rings is 1. The van der Waals surface area contributed by atoms with E-state index in [1.54, 1.807) is 18.4 Å². The second-order valence-electron chi connectivity index (χ2n) is 6.73. The predicted molar refractivity (Wildman–Crippen MR) is 127 cm³/mol. The van der Waals surface area contributed by atoms with E-state index in [1.165, 1.54) is 16.0 Å². The van der Waals surface area contributed by atoms with E-state index in [9.17, 15) is 0 Å². The maximum Gasteiger partial charge on any atom is 0.191 e. The first-order valence-corrected chi connectivity index (χ1v) is 10.2. The molecule has 3 rings (SSSR count). The van der Waals surface area contributed by atoms with Crippen molar-refractivity contribution in [3.05, 3.63) is 51.0 Å². The number of guanidine groups is 1. The average molecular weight is 515 g/mol. The number of hydrogen-bond donors (Lipinski definition) is 2. The predicted octanol–water partition coefficient (Wildman–Crippen LogP) is 3.08. The molecule has 1 aliphatic heterocycles. The van der Waals surface area contributed by atoms with Gasteiger partial charge in [0.2, 0.25) is 0 Å². The lowest BCUT2D eigenvalue weighted by molar-refractivity contribution is 0.0342. The van der Waals surface area contributed by atoms with Gasteiger partial charge in [0.05, 0.1) is 25.5 Å². The Balaban J connectivity index is 0.00000280. The van der Waals surface area contributed by atoms with Crippen LogP contribution in [-0.2, 0) is 24.4 Å². The molecular formula is C20H30IN5OS. The lowest BCUT2D eigenvalue weighted by Crippen LogP contribution is -2.36. The highest BCUT2D eigenvalue weighted by molar-refractivity contribution is 14.0. The van der Waals surface area contributed by atoms with Crippen molar-refractivity contribution in [1.29, 1.82) is 0 Å². The molecule has 1 fully saturated rings. The van der Waals surface area contributed by atoms with Crippen molar-refractivity contribution in [2.45, 2.75) is 33.5 Å². The number of aryl methyl sites for hydroxylation is 2. The minimum Gasteiger partial charge on any atom is -0.379 e. The molecule has 0 radical (unpaired) electrons. The molecule has 0 atom stereocenters. The van der Waals surface area contributed by atoms with Crippen molar-refractivity contribution in [2.24, 2.45) is 4.99 Å². The van der Waals surface area contributed by atoms with Crippen molar-refractivity contribution in [1.82, 2.24) is 20.5 Å². The number of nitrogens with zero attached hydrogens (tertiary/aromatic N) is 3. The summed E-state index contributed by atoms with van der Waals surface area (Å²) in [6, 6.07) is 8.79. The number of nitrogens with one attached hydrogen (secondary N) is 2. The molecule has 0 amide bonds. The molecule has 28 heavy (non-hydrogen) atoms. The number of aliphatic imine (C=N–C) groups is 1. The zero-order valence-corrected chi connectivity index (χ0v) is 20.0. The van der Waals surface area contributed by atoms with Crippen molar-refractivity contribution < 1.29 is 4.74 Å². The van der Waals surface area contributed by atoms with Crippen molar-refractivity contribution in [2.75, 3.05) is 33.4 Å². The monoisotopic (exact) mass is 515 g/mol. The van der Waals surface area contributed by atoms with Gasteiger partial charge >= 0.3 is 0 Å². The maximum atomic E-state index is 5.41. The lowest BCUT2D eigenvalue weighted by Gasteiger charge is -2.26. The van der Waals surface area contributed by atoms with Gasteiger partial charge in [-0.25, -0.2) is 4.98 Å². The Morgan fingerprint density at radius 1 is 1.11 bits per heavy atom. The molecule has 1 aromatic carbocycles. The van der Waals surface area contributed by atoms with Crippen LogP contribution < -0.4 is 10.6 Å². The molecule has 0 saturated carbocycles. The molecule has 6 nitrogen and oxygen atoms in total. The van der Waals surface area contributed by atoms with Gasteiger partial charge in [-0.2, -0.15) is 0 Å². The number of thiazole rings is 1. The van der Waals surface area contributed by atoms with Crippen molar-refractivity contribution >= 4 is 41.3 Å². The van der Waals surface area contributed by atoms with Gasteiger partial charge < -0.3 is 15.4 Å². The number of halogens is 1. The Hall–Kier alpha value is -1.23. The Kier molecular flexibility index (Phi) is 9.63. The molecule has 154 valence electrons. The summed E-state index contributed by atoms with van der Waals surface area (Å²) in [5.41, 5.74) is 3.69. The molecule has 1 saturated heterocycles. The van der Waals surface area contributed by atoms with Crippen LogP contribution in [0.5, 0.6) is 0 Å². The van der Waals surface area contributed by atoms with Crippen LogP contribution >= 0.6 is 35.3 Å². The zero-order chi connectivity index (χ0) is 19.1. The Labute approximate surface area is 188 Å². The Bertz CT molecular complexity index is 737. The summed E-state index contributed by atoms with van der Waals surface area (Å²) < 4.78 is 5.41. The largest absolute Gasteiger partial charge is 0.379 e. The lowest BCUT2D eigenvalue weighted by atomic mass is 10.1. The fraction of sp³-hybridized carbons (Fsp3) is 0.500. The highest BCUT2D eigenvalue weighted by Crippen LogP contribution is 2.16. The van der Waals surface area contributed by atoms with Crippen LogP contribution in [-0.4, -0.2) is 49.2 Å². The molecular weight excluding hydrogens is 485 g/mol. The summed E-state index contributed by atoms with van der Waals surface area (Å²) in [7, 11) is 1.79. The van der Waals surface area contributed by atoms with Crippen LogP contribution in [0.4, 0.5) is 0 Å². The van der Waals surface area contributed by atoms with E-state index < -0.39 is 0 Å². The molecule has 0 aliphatic carbocycles. The smallest absolute Gasteiger partial charge is 0.191 e. The number of hydrogen-bond acceptors (Lipinski definition) is 5. The Morgan fingerprint density at radius 3 is 2.36 bits per heavy atom. The van der Waals surface area contributed by atoms with Crippen LogP contribution in [0.25, 0.3) is 0 Å². The van der Waals surface area contributed by atoms with Crippen LogP contribution in [0.3, 0.4) is 0 Å². The third-order valence-electron chi connectivity index (χ3n) is 4.70. The summed E-state index contributed by atoms with van der Waals surface area (Å²) in [6.45, 7) is 10.3. The van der Waals surface area contributed by atoms with Gasteiger partial charge in [-0.15, -0.1) is 35.3 Å². The van der Waals surface area contributed by atoms with E-state index in [4.69, 9.17) is 4.74 Å². The van der Waals surface area contributed by atoms with Gasteiger partial charge in [-0.3, -0.25) is 9.89 Å². The van der Waals surface area contributed by atoms with Gasteiger partial charge in [0, 0.05) is 38.1 Å². The maximum absolute atomic E-state index is 5.41. The zero-order valence-electron chi connectivity index (χ0n) is 16.8. The van der Waals surface area contributed by atoms with Crippen molar-refractivity contribution in [3.8, 4) is 0 Å². The fourth-order valence-corrected chi connectivity index (χ4v) is 3.83. The molecule has 1 aromatic heterocycles. The summed E-state index contributed by atoms with van der Waals surface area (Å²) in [5, 5.41) is 7.78. The molecule has 1 aliphatic rings. The van der Waals surface area contributed by atoms with Gasteiger partial charge in [-0.05, 0) is 25.0 Å². The quantitative estimate of drug-likeness (QED) is 0.352. The first kappa shape index (κ1) is 23.1. The SMILES string of the molecule is CN=C(NCc1ccc(CN2CCOCC2)cc1)NCc1nc(C)c(C)s1.I. The van der Waals surface area contributed by atoms with Gasteiger partial charge in [0.1, 0.15) is 5.01 Å². The molecule has 8 heteroatoms. The first-order valence-electron chi connectivity index (χ1n) is 9.39. The van der Waals surface area contributed by atoms with Gasteiger partial charge in [0.15, 0.2) is 5.96 Å². The minimum atomic E-state index is 0. The standard InChI is InChI=1S/C20H29N5OS.HI/c1-15-16(2)27-19(24-15)13-23-20(21-3)22-12-17-4-6-18(7-5-17)14-25-8-10-26-11-9-25;/h4-7H,8-14H2,1-3H3,(H2,21,22,23);1H. The average Bonchev–Trinajstić information content (AvgIpc) is 3.01. The van der Waals surface area contributed by atoms with E-state index in [0.29, 0.717) is 6.54 Å². The molecule has 0 bridgehead atoms. The Morgan fingerprint density at radius 2 is 1.75 bits per heavy atom. The van der Waals surface area contributed by atoms with Crippen LogP contribution in [0.2, 0.25) is 0 Å². The summed E-state index contributed by atoms with van der Waals surface area (Å²) in [4.78, 5) is 12.6. The van der Waals surface area contributed by atoms with E-state index in [1.807, 2.05) is 6.92 Å². The fourth-order valence-electron chi connectivity index (χ4n) is 2.96. The molecule has 0 spiro atoms. The van der Waals surface area contributed by atoms with E-state index in [0.717, 1.165) is 56.1 Å². The third kappa shape index (κ3) is 6.98. The highest BCUT2D eigenvalue weighted by Gasteiger charge is 2.10. The number of ether oxygens (including phenoxy) is 1. The molecule has 2 heterocycles. The van der Waals surface area contributed by atoms with Crippen LogP contribution in [0.15, 0.2) is 29.3 Å². The summed E-state index contributed by atoms with van der Waals surface area (Å²) in [6.07, 6.45) is 0. The van der Waals surface area contributed by atoms with Gasteiger partial charge in [-0.1, -0.05) is 24.3 Å².